The monoisotopic (exact) mass is 292 g/mol. The van der Waals surface area contributed by atoms with E-state index in [9.17, 15) is 0 Å². The van der Waals surface area contributed by atoms with Gasteiger partial charge in [0.1, 0.15) is 5.75 Å². The number of nitrogens with one attached hydrogen (secondary N) is 1. The van der Waals surface area contributed by atoms with Gasteiger partial charge in [0.25, 0.3) is 0 Å². The number of rotatable bonds is 9. The molecule has 3 heteroatoms. The molecule has 0 heterocycles. The van der Waals surface area contributed by atoms with Crippen molar-refractivity contribution >= 4 is 0 Å². The minimum atomic E-state index is 0.474. The number of benzene rings is 1. The number of hydrogen-bond donors (Lipinski definition) is 1. The standard InChI is InChI=1S/C18H32N2O/c1-7-12-19-15(3)16(4)20(5)14(2)13-17-10-8-9-11-18(17)21-6/h8-11,14-16,19H,7,12-13H2,1-6H3. The second-order valence-corrected chi connectivity index (χ2v) is 6.01. The molecule has 0 spiro atoms. The number of para-hydroxylation sites is 1. The summed E-state index contributed by atoms with van der Waals surface area (Å²) in [5.74, 6) is 0.988. The highest BCUT2D eigenvalue weighted by Gasteiger charge is 2.21. The third-order valence-corrected chi connectivity index (χ3v) is 4.49. The Morgan fingerprint density at radius 2 is 1.86 bits per heavy atom. The first-order chi connectivity index (χ1) is 10.0. The zero-order valence-corrected chi connectivity index (χ0v) is 14.5. The van der Waals surface area contributed by atoms with Crippen molar-refractivity contribution in [2.45, 2.75) is 58.7 Å². The lowest BCUT2D eigenvalue weighted by atomic mass is 10.0. The molecule has 120 valence electrons. The highest BCUT2D eigenvalue weighted by molar-refractivity contribution is 5.33. The second kappa shape index (κ2) is 9.06. The Balaban J connectivity index is 2.63. The van der Waals surface area contributed by atoms with Gasteiger partial charge in [-0.05, 0) is 58.8 Å². The topological polar surface area (TPSA) is 24.5 Å². The number of hydrogen-bond acceptors (Lipinski definition) is 3. The predicted octanol–water partition coefficient (Wildman–Crippen LogP) is 3.33. The van der Waals surface area contributed by atoms with E-state index in [1.807, 2.05) is 12.1 Å². The zero-order valence-electron chi connectivity index (χ0n) is 14.5. The van der Waals surface area contributed by atoms with Crippen molar-refractivity contribution in [2.75, 3.05) is 20.7 Å². The summed E-state index contributed by atoms with van der Waals surface area (Å²) in [7, 11) is 3.96. The van der Waals surface area contributed by atoms with Crippen molar-refractivity contribution in [3.05, 3.63) is 29.8 Å². The molecule has 0 aromatic heterocycles. The van der Waals surface area contributed by atoms with E-state index in [0.717, 1.165) is 18.7 Å². The Kier molecular flexibility index (Phi) is 7.76. The van der Waals surface area contributed by atoms with Gasteiger partial charge in [0, 0.05) is 18.1 Å². The predicted molar refractivity (Wildman–Crippen MR) is 91.1 cm³/mol. The van der Waals surface area contributed by atoms with Gasteiger partial charge in [-0.3, -0.25) is 4.90 Å². The molecule has 3 nitrogen and oxygen atoms in total. The van der Waals surface area contributed by atoms with Gasteiger partial charge in [0.05, 0.1) is 7.11 Å². The molecule has 0 amide bonds. The molecule has 3 atom stereocenters. The molecule has 0 radical (unpaired) electrons. The number of likely N-dealkylation sites (N-methyl/N-ethyl adjacent to an activating group) is 1. The van der Waals surface area contributed by atoms with E-state index in [0.29, 0.717) is 18.1 Å². The van der Waals surface area contributed by atoms with E-state index in [-0.39, 0.29) is 0 Å². The average Bonchev–Trinajstić information content (AvgIpc) is 2.51. The van der Waals surface area contributed by atoms with Crippen LogP contribution in [-0.4, -0.2) is 43.7 Å². The maximum Gasteiger partial charge on any atom is 0.122 e. The summed E-state index contributed by atoms with van der Waals surface area (Å²) >= 11 is 0. The van der Waals surface area contributed by atoms with Crippen molar-refractivity contribution in [1.29, 1.82) is 0 Å². The van der Waals surface area contributed by atoms with Crippen molar-refractivity contribution in [1.82, 2.24) is 10.2 Å². The molecular weight excluding hydrogens is 260 g/mol. The lowest BCUT2D eigenvalue weighted by Crippen LogP contribution is -2.49. The summed E-state index contributed by atoms with van der Waals surface area (Å²) < 4.78 is 5.46. The summed E-state index contributed by atoms with van der Waals surface area (Å²) in [4.78, 5) is 2.46. The maximum absolute atomic E-state index is 5.46. The quantitative estimate of drug-likeness (QED) is 0.755. The molecule has 0 aliphatic carbocycles. The average molecular weight is 292 g/mol. The van der Waals surface area contributed by atoms with Gasteiger partial charge >= 0.3 is 0 Å². The van der Waals surface area contributed by atoms with Crippen LogP contribution in [0.2, 0.25) is 0 Å². The lowest BCUT2D eigenvalue weighted by molar-refractivity contribution is 0.162. The van der Waals surface area contributed by atoms with Gasteiger partial charge < -0.3 is 10.1 Å². The zero-order chi connectivity index (χ0) is 15.8. The Bertz CT molecular complexity index is 408. The fourth-order valence-corrected chi connectivity index (χ4v) is 2.63. The molecule has 21 heavy (non-hydrogen) atoms. The molecule has 3 unspecified atom stereocenters. The van der Waals surface area contributed by atoms with Crippen LogP contribution in [0.5, 0.6) is 5.75 Å². The van der Waals surface area contributed by atoms with Gasteiger partial charge in [0.15, 0.2) is 0 Å². The number of methoxy groups -OCH3 is 1. The summed E-state index contributed by atoms with van der Waals surface area (Å²) in [6, 6.07) is 9.78. The van der Waals surface area contributed by atoms with Gasteiger partial charge in [-0.15, -0.1) is 0 Å². The third kappa shape index (κ3) is 5.33. The van der Waals surface area contributed by atoms with E-state index in [4.69, 9.17) is 4.74 Å². The van der Waals surface area contributed by atoms with E-state index in [2.05, 4.69) is 57.1 Å². The van der Waals surface area contributed by atoms with Gasteiger partial charge in [-0.2, -0.15) is 0 Å². The first-order valence-corrected chi connectivity index (χ1v) is 8.08. The molecule has 0 aliphatic rings. The third-order valence-electron chi connectivity index (χ3n) is 4.49. The van der Waals surface area contributed by atoms with Crippen LogP contribution >= 0.6 is 0 Å². The molecule has 1 aromatic rings. The molecule has 0 saturated carbocycles. The summed E-state index contributed by atoms with van der Waals surface area (Å²) in [5, 5.41) is 3.59. The van der Waals surface area contributed by atoms with E-state index in [1.165, 1.54) is 12.0 Å². The fourth-order valence-electron chi connectivity index (χ4n) is 2.63. The van der Waals surface area contributed by atoms with Crippen LogP contribution in [0.1, 0.15) is 39.7 Å². The molecule has 1 N–H and O–H groups in total. The van der Waals surface area contributed by atoms with Crippen LogP contribution in [0, 0.1) is 0 Å². The molecule has 0 aliphatic heterocycles. The molecule has 0 saturated heterocycles. The van der Waals surface area contributed by atoms with Crippen LogP contribution in [0.3, 0.4) is 0 Å². The SMILES string of the molecule is CCCNC(C)C(C)N(C)C(C)Cc1ccccc1OC. The molecule has 0 bridgehead atoms. The maximum atomic E-state index is 5.46. The first-order valence-electron chi connectivity index (χ1n) is 8.08. The van der Waals surface area contributed by atoms with Gasteiger partial charge in [-0.1, -0.05) is 25.1 Å². The summed E-state index contributed by atoms with van der Waals surface area (Å²) in [5.41, 5.74) is 1.28. The van der Waals surface area contributed by atoms with Crippen molar-refractivity contribution < 1.29 is 4.74 Å². The molecular formula is C18H32N2O. The highest BCUT2D eigenvalue weighted by atomic mass is 16.5. The molecule has 1 aromatic carbocycles. The smallest absolute Gasteiger partial charge is 0.122 e. The van der Waals surface area contributed by atoms with Crippen LogP contribution in [-0.2, 0) is 6.42 Å². The fraction of sp³-hybridized carbons (Fsp3) is 0.667. The first kappa shape index (κ1) is 18.0. The largest absolute Gasteiger partial charge is 0.496 e. The number of nitrogens with zero attached hydrogens (tertiary/aromatic N) is 1. The number of ether oxygens (including phenoxy) is 1. The van der Waals surface area contributed by atoms with Crippen LogP contribution in [0.15, 0.2) is 24.3 Å². The van der Waals surface area contributed by atoms with Crippen molar-refractivity contribution in [3.63, 3.8) is 0 Å². The normalized spacial score (nSPS) is 15.8. The minimum absolute atomic E-state index is 0.474. The van der Waals surface area contributed by atoms with Crippen molar-refractivity contribution in [3.8, 4) is 5.75 Å². The van der Waals surface area contributed by atoms with Crippen LogP contribution < -0.4 is 10.1 Å². The Morgan fingerprint density at radius 1 is 1.19 bits per heavy atom. The Morgan fingerprint density at radius 3 is 2.48 bits per heavy atom. The molecule has 0 fully saturated rings. The minimum Gasteiger partial charge on any atom is -0.496 e. The van der Waals surface area contributed by atoms with E-state index >= 15 is 0 Å². The van der Waals surface area contributed by atoms with Gasteiger partial charge in [0.2, 0.25) is 0 Å². The highest BCUT2D eigenvalue weighted by Crippen LogP contribution is 2.21. The van der Waals surface area contributed by atoms with Gasteiger partial charge in [-0.25, -0.2) is 0 Å². The van der Waals surface area contributed by atoms with Crippen LogP contribution in [0.25, 0.3) is 0 Å². The lowest BCUT2D eigenvalue weighted by Gasteiger charge is -2.35. The summed E-state index contributed by atoms with van der Waals surface area (Å²) in [6.45, 7) is 10.1. The van der Waals surface area contributed by atoms with E-state index < -0.39 is 0 Å². The second-order valence-electron chi connectivity index (χ2n) is 6.01. The summed E-state index contributed by atoms with van der Waals surface area (Å²) in [6.07, 6.45) is 2.18. The molecule has 1 rings (SSSR count). The van der Waals surface area contributed by atoms with E-state index in [1.54, 1.807) is 7.11 Å². The Labute approximate surface area is 130 Å². The Hall–Kier alpha value is -1.06. The van der Waals surface area contributed by atoms with Crippen molar-refractivity contribution in [2.24, 2.45) is 0 Å². The van der Waals surface area contributed by atoms with Crippen LogP contribution in [0.4, 0.5) is 0 Å².